The number of nitrogens with zero attached hydrogens (tertiary/aromatic N) is 1. The predicted molar refractivity (Wildman–Crippen MR) is 76.2 cm³/mol. The van der Waals surface area contributed by atoms with Crippen LogP contribution in [0.1, 0.15) is 10.6 Å². The Morgan fingerprint density at radius 2 is 2.08 bits per heavy atom. The molecule has 1 aromatic carbocycles. The van der Waals surface area contributed by atoms with Gasteiger partial charge in [0, 0.05) is 12.1 Å². The highest BCUT2D eigenvalue weighted by Gasteiger charge is 2.41. The number of ether oxygens (including phenoxy) is 1. The standard InChI is InChI=1S/C14H10F4N2O5/c15-13(16)14(17,18)7-25-10-5-8(4-9(6-10)20(22)23)19-12(21)11-2-1-3-24-11/h1-6,13H,7H2,(H,19,21). The van der Waals surface area contributed by atoms with Crippen molar-refractivity contribution in [1.29, 1.82) is 0 Å². The summed E-state index contributed by atoms with van der Waals surface area (Å²) in [7, 11) is 0. The zero-order chi connectivity index (χ0) is 18.6. The van der Waals surface area contributed by atoms with Crippen molar-refractivity contribution in [2.45, 2.75) is 12.3 Å². The van der Waals surface area contributed by atoms with E-state index in [-0.39, 0.29) is 11.4 Å². The summed E-state index contributed by atoms with van der Waals surface area (Å²) in [6, 6.07) is 5.45. The van der Waals surface area contributed by atoms with Crippen molar-refractivity contribution in [3.8, 4) is 5.75 Å². The fourth-order valence-corrected chi connectivity index (χ4v) is 1.69. The summed E-state index contributed by atoms with van der Waals surface area (Å²) in [5.74, 6) is -5.76. The normalized spacial score (nSPS) is 11.4. The lowest BCUT2D eigenvalue weighted by atomic mass is 10.2. The first-order valence-corrected chi connectivity index (χ1v) is 6.62. The molecule has 1 aromatic heterocycles. The van der Waals surface area contributed by atoms with Gasteiger partial charge in [-0.3, -0.25) is 14.9 Å². The molecule has 2 aromatic rings. The van der Waals surface area contributed by atoms with Gasteiger partial charge < -0.3 is 14.5 Å². The summed E-state index contributed by atoms with van der Waals surface area (Å²) >= 11 is 0. The molecule has 134 valence electrons. The number of anilines is 1. The number of nitrogens with one attached hydrogen (secondary N) is 1. The molecular formula is C14H10F4N2O5. The van der Waals surface area contributed by atoms with Gasteiger partial charge in [0.2, 0.25) is 0 Å². The van der Waals surface area contributed by atoms with Gasteiger partial charge in [0.15, 0.2) is 12.4 Å². The van der Waals surface area contributed by atoms with E-state index in [2.05, 4.69) is 10.1 Å². The molecule has 0 saturated carbocycles. The first-order valence-electron chi connectivity index (χ1n) is 6.62. The number of nitro benzene ring substituents is 1. The second-order valence-electron chi connectivity index (χ2n) is 4.75. The van der Waals surface area contributed by atoms with Gasteiger partial charge in [-0.05, 0) is 12.1 Å². The molecule has 0 radical (unpaired) electrons. The van der Waals surface area contributed by atoms with Crippen molar-refractivity contribution in [3.05, 3.63) is 52.5 Å². The molecule has 11 heteroatoms. The van der Waals surface area contributed by atoms with Crippen LogP contribution in [-0.4, -0.2) is 29.8 Å². The number of halogens is 4. The quantitative estimate of drug-likeness (QED) is 0.460. The highest BCUT2D eigenvalue weighted by Crippen LogP contribution is 2.29. The second-order valence-corrected chi connectivity index (χ2v) is 4.75. The summed E-state index contributed by atoms with van der Waals surface area (Å²) in [5.41, 5.74) is -0.751. The average Bonchev–Trinajstić information content (AvgIpc) is 3.07. The van der Waals surface area contributed by atoms with E-state index in [0.29, 0.717) is 0 Å². The van der Waals surface area contributed by atoms with Crippen molar-refractivity contribution in [2.24, 2.45) is 0 Å². The maximum absolute atomic E-state index is 12.9. The lowest BCUT2D eigenvalue weighted by Gasteiger charge is -2.16. The number of hydrogen-bond donors (Lipinski definition) is 1. The maximum atomic E-state index is 12.9. The van der Waals surface area contributed by atoms with Crippen molar-refractivity contribution in [2.75, 3.05) is 11.9 Å². The molecule has 0 aliphatic carbocycles. The van der Waals surface area contributed by atoms with Crippen LogP contribution in [0.4, 0.5) is 28.9 Å². The highest BCUT2D eigenvalue weighted by atomic mass is 19.3. The number of amides is 1. The van der Waals surface area contributed by atoms with Crippen molar-refractivity contribution in [1.82, 2.24) is 0 Å². The third-order valence-electron chi connectivity index (χ3n) is 2.86. The van der Waals surface area contributed by atoms with E-state index in [1.165, 1.54) is 18.4 Å². The topological polar surface area (TPSA) is 94.6 Å². The van der Waals surface area contributed by atoms with E-state index >= 15 is 0 Å². The van der Waals surface area contributed by atoms with Gasteiger partial charge in [-0.25, -0.2) is 8.78 Å². The van der Waals surface area contributed by atoms with Crippen LogP contribution in [-0.2, 0) is 0 Å². The predicted octanol–water partition coefficient (Wildman–Crippen LogP) is 3.72. The summed E-state index contributed by atoms with van der Waals surface area (Å²) in [4.78, 5) is 21.9. The molecule has 0 spiro atoms. The van der Waals surface area contributed by atoms with E-state index < -0.39 is 41.2 Å². The summed E-state index contributed by atoms with van der Waals surface area (Å²) in [6.45, 7) is -1.68. The number of non-ortho nitro benzene ring substituents is 1. The van der Waals surface area contributed by atoms with Crippen LogP contribution >= 0.6 is 0 Å². The number of alkyl halides is 4. The zero-order valence-electron chi connectivity index (χ0n) is 12.2. The number of rotatable bonds is 7. The summed E-state index contributed by atoms with van der Waals surface area (Å²) in [6.07, 6.45) is -2.73. The molecule has 0 aliphatic heterocycles. The monoisotopic (exact) mass is 362 g/mol. The minimum absolute atomic E-state index is 0.0989. The lowest BCUT2D eigenvalue weighted by Crippen LogP contribution is -2.33. The SMILES string of the molecule is O=C(Nc1cc(OCC(F)(F)C(F)F)cc([N+](=O)[O-])c1)c1ccco1. The van der Waals surface area contributed by atoms with E-state index in [9.17, 15) is 32.5 Å². The molecule has 1 amide bonds. The smallest absolute Gasteiger partial charge is 0.340 e. The van der Waals surface area contributed by atoms with Gasteiger partial charge in [0.25, 0.3) is 11.6 Å². The van der Waals surface area contributed by atoms with E-state index in [1.807, 2.05) is 0 Å². The Labute approximate surface area is 137 Å². The van der Waals surface area contributed by atoms with Crippen LogP contribution < -0.4 is 10.1 Å². The number of furan rings is 1. The Hall–Kier alpha value is -3.11. The molecule has 0 bridgehead atoms. The van der Waals surface area contributed by atoms with Crippen LogP contribution in [0, 0.1) is 10.1 Å². The largest absolute Gasteiger partial charge is 0.487 e. The van der Waals surface area contributed by atoms with Crippen molar-refractivity contribution in [3.63, 3.8) is 0 Å². The minimum Gasteiger partial charge on any atom is -0.487 e. The number of nitro groups is 1. The van der Waals surface area contributed by atoms with E-state index in [0.717, 1.165) is 18.2 Å². The van der Waals surface area contributed by atoms with Gasteiger partial charge in [-0.15, -0.1) is 0 Å². The van der Waals surface area contributed by atoms with Gasteiger partial charge in [-0.1, -0.05) is 0 Å². The molecular weight excluding hydrogens is 352 g/mol. The molecule has 25 heavy (non-hydrogen) atoms. The minimum atomic E-state index is -4.43. The summed E-state index contributed by atoms with van der Waals surface area (Å²) < 4.78 is 59.4. The van der Waals surface area contributed by atoms with Crippen LogP contribution in [0.2, 0.25) is 0 Å². The fourth-order valence-electron chi connectivity index (χ4n) is 1.69. The number of carbonyl (C=O) groups excluding carboxylic acids is 1. The van der Waals surface area contributed by atoms with Gasteiger partial charge in [0.1, 0.15) is 5.75 Å². The van der Waals surface area contributed by atoms with Gasteiger partial charge in [0.05, 0.1) is 22.9 Å². The number of carbonyl (C=O) groups is 1. The van der Waals surface area contributed by atoms with Crippen LogP contribution in [0.5, 0.6) is 5.75 Å². The Morgan fingerprint density at radius 3 is 2.64 bits per heavy atom. The molecule has 1 heterocycles. The first-order chi connectivity index (χ1) is 11.7. The van der Waals surface area contributed by atoms with Crippen molar-refractivity contribution >= 4 is 17.3 Å². The van der Waals surface area contributed by atoms with E-state index in [1.54, 1.807) is 0 Å². The maximum Gasteiger partial charge on any atom is 0.340 e. The Balaban J connectivity index is 2.21. The van der Waals surface area contributed by atoms with Crippen molar-refractivity contribution < 1.29 is 36.4 Å². The van der Waals surface area contributed by atoms with Crippen LogP contribution in [0.25, 0.3) is 0 Å². The molecule has 2 rings (SSSR count). The second kappa shape index (κ2) is 7.20. The average molecular weight is 362 g/mol. The Bertz CT molecular complexity index is 765. The van der Waals surface area contributed by atoms with Gasteiger partial charge in [-0.2, -0.15) is 8.78 Å². The molecule has 7 nitrogen and oxygen atoms in total. The van der Waals surface area contributed by atoms with Crippen LogP contribution in [0.15, 0.2) is 41.0 Å². The fraction of sp³-hybridized carbons (Fsp3) is 0.214. The zero-order valence-corrected chi connectivity index (χ0v) is 12.2. The number of benzene rings is 1. The number of hydrogen-bond acceptors (Lipinski definition) is 5. The highest BCUT2D eigenvalue weighted by molar-refractivity contribution is 6.02. The molecule has 0 unspecified atom stereocenters. The molecule has 0 saturated heterocycles. The van der Waals surface area contributed by atoms with E-state index in [4.69, 9.17) is 4.42 Å². The lowest BCUT2D eigenvalue weighted by molar-refractivity contribution is -0.384. The Morgan fingerprint density at radius 1 is 1.36 bits per heavy atom. The first kappa shape index (κ1) is 18.2. The molecule has 0 fully saturated rings. The van der Waals surface area contributed by atoms with Crippen LogP contribution in [0.3, 0.4) is 0 Å². The van der Waals surface area contributed by atoms with Gasteiger partial charge >= 0.3 is 12.3 Å². The third kappa shape index (κ3) is 4.68. The molecule has 1 N–H and O–H groups in total. The Kier molecular flexibility index (Phi) is 5.25. The molecule has 0 aliphatic rings. The third-order valence-corrected chi connectivity index (χ3v) is 2.86. The summed E-state index contributed by atoms with van der Waals surface area (Å²) in [5, 5.41) is 13.1. The molecule has 0 atom stereocenters.